The number of aromatic nitrogens is 1. The minimum Gasteiger partial charge on any atom is -0.493 e. The first-order chi connectivity index (χ1) is 8.85. The fourth-order valence-electron chi connectivity index (χ4n) is 2.51. The fourth-order valence-corrected chi connectivity index (χ4v) is 2.51. The van der Waals surface area contributed by atoms with Crippen molar-refractivity contribution in [1.82, 2.24) is 10.3 Å². The molecule has 1 unspecified atom stereocenters. The van der Waals surface area contributed by atoms with E-state index in [-0.39, 0.29) is 0 Å². The summed E-state index contributed by atoms with van der Waals surface area (Å²) < 4.78 is 5.41. The molecule has 1 aliphatic rings. The number of methoxy groups -OCH3 is 1. The molecule has 4 heteroatoms. The van der Waals surface area contributed by atoms with Gasteiger partial charge in [0.15, 0.2) is 11.6 Å². The average Bonchev–Trinajstić information content (AvgIpc) is 2.91. The number of pyridine rings is 1. The number of anilines is 1. The third kappa shape index (κ3) is 3.13. The average molecular weight is 249 g/mol. The maximum Gasteiger partial charge on any atom is 0.171 e. The van der Waals surface area contributed by atoms with Crippen LogP contribution in [0.25, 0.3) is 0 Å². The van der Waals surface area contributed by atoms with Crippen LogP contribution in [0.2, 0.25) is 0 Å². The van der Waals surface area contributed by atoms with E-state index in [2.05, 4.69) is 22.1 Å². The zero-order valence-corrected chi connectivity index (χ0v) is 11.4. The molecule has 100 valence electrons. The predicted octanol–water partition coefficient (Wildman–Crippen LogP) is 2.06. The maximum absolute atomic E-state index is 5.41. The highest BCUT2D eigenvalue weighted by atomic mass is 16.5. The Morgan fingerprint density at radius 3 is 3.11 bits per heavy atom. The van der Waals surface area contributed by atoms with Gasteiger partial charge in [-0.15, -0.1) is 0 Å². The highest BCUT2D eigenvalue weighted by Gasteiger charge is 2.20. The van der Waals surface area contributed by atoms with Crippen molar-refractivity contribution in [1.29, 1.82) is 0 Å². The Hall–Kier alpha value is -1.29. The predicted molar refractivity (Wildman–Crippen MR) is 74.3 cm³/mol. The van der Waals surface area contributed by atoms with Gasteiger partial charge < -0.3 is 15.0 Å². The smallest absolute Gasteiger partial charge is 0.171 e. The van der Waals surface area contributed by atoms with E-state index in [1.54, 1.807) is 7.11 Å². The van der Waals surface area contributed by atoms with Crippen molar-refractivity contribution < 1.29 is 4.74 Å². The van der Waals surface area contributed by atoms with E-state index in [9.17, 15) is 0 Å². The molecule has 2 heterocycles. The van der Waals surface area contributed by atoms with Crippen molar-refractivity contribution in [2.75, 3.05) is 31.6 Å². The van der Waals surface area contributed by atoms with E-state index in [4.69, 9.17) is 4.74 Å². The van der Waals surface area contributed by atoms with Crippen LogP contribution in [-0.4, -0.2) is 37.8 Å². The Bertz CT molecular complexity index is 364. The van der Waals surface area contributed by atoms with Crippen molar-refractivity contribution >= 4 is 5.82 Å². The monoisotopic (exact) mass is 249 g/mol. The van der Waals surface area contributed by atoms with Gasteiger partial charge in [-0.05, 0) is 37.9 Å². The Morgan fingerprint density at radius 1 is 1.56 bits per heavy atom. The first-order valence-electron chi connectivity index (χ1n) is 6.82. The number of nitrogens with zero attached hydrogens (tertiary/aromatic N) is 2. The Kier molecular flexibility index (Phi) is 4.81. The summed E-state index contributed by atoms with van der Waals surface area (Å²) in [7, 11) is 1.71. The molecule has 1 aromatic heterocycles. The number of hydrogen-bond donors (Lipinski definition) is 1. The molecule has 1 atom stereocenters. The Balaban J connectivity index is 2.11. The third-order valence-corrected chi connectivity index (χ3v) is 3.37. The summed E-state index contributed by atoms with van der Waals surface area (Å²) in [5, 5.41) is 3.54. The van der Waals surface area contributed by atoms with Gasteiger partial charge in [0.1, 0.15) is 0 Å². The van der Waals surface area contributed by atoms with Crippen LogP contribution in [0.15, 0.2) is 18.3 Å². The van der Waals surface area contributed by atoms with Crippen LogP contribution in [0.1, 0.15) is 26.2 Å². The van der Waals surface area contributed by atoms with Crippen LogP contribution >= 0.6 is 0 Å². The molecule has 0 bridgehead atoms. The van der Waals surface area contributed by atoms with Gasteiger partial charge in [0.2, 0.25) is 0 Å². The second kappa shape index (κ2) is 6.59. The molecule has 4 nitrogen and oxygen atoms in total. The van der Waals surface area contributed by atoms with E-state index in [1.165, 1.54) is 12.8 Å². The Labute approximate surface area is 109 Å². The summed E-state index contributed by atoms with van der Waals surface area (Å²) in [5.41, 5.74) is 0. The van der Waals surface area contributed by atoms with E-state index in [1.807, 2.05) is 18.3 Å². The molecule has 18 heavy (non-hydrogen) atoms. The van der Waals surface area contributed by atoms with Crippen LogP contribution in [0.4, 0.5) is 5.82 Å². The van der Waals surface area contributed by atoms with Crippen LogP contribution < -0.4 is 15.0 Å². The molecule has 1 aliphatic heterocycles. The van der Waals surface area contributed by atoms with E-state index >= 15 is 0 Å². The van der Waals surface area contributed by atoms with Crippen LogP contribution in [-0.2, 0) is 0 Å². The molecule has 0 amide bonds. The van der Waals surface area contributed by atoms with Gasteiger partial charge in [-0.25, -0.2) is 4.98 Å². The zero-order chi connectivity index (χ0) is 12.8. The normalized spacial score (nSPS) is 18.9. The van der Waals surface area contributed by atoms with Gasteiger partial charge in [-0.1, -0.05) is 6.92 Å². The lowest BCUT2D eigenvalue weighted by molar-refractivity contribution is 0.411. The summed E-state index contributed by atoms with van der Waals surface area (Å²) in [4.78, 5) is 6.82. The second-order valence-electron chi connectivity index (χ2n) is 4.77. The zero-order valence-electron chi connectivity index (χ0n) is 11.4. The van der Waals surface area contributed by atoms with Crippen molar-refractivity contribution in [2.24, 2.45) is 0 Å². The van der Waals surface area contributed by atoms with Gasteiger partial charge in [-0.2, -0.15) is 0 Å². The summed E-state index contributed by atoms with van der Waals surface area (Å²) >= 11 is 0. The van der Waals surface area contributed by atoms with Crippen molar-refractivity contribution in [2.45, 2.75) is 32.2 Å². The number of rotatable bonds is 6. The highest BCUT2D eigenvalue weighted by molar-refractivity contribution is 5.52. The van der Waals surface area contributed by atoms with Gasteiger partial charge in [0.05, 0.1) is 7.11 Å². The van der Waals surface area contributed by atoms with Crippen molar-refractivity contribution in [3.05, 3.63) is 18.3 Å². The molecule has 1 N–H and O–H groups in total. The van der Waals surface area contributed by atoms with E-state index in [0.29, 0.717) is 6.04 Å². The number of nitrogens with one attached hydrogen (secondary N) is 1. The van der Waals surface area contributed by atoms with Gasteiger partial charge >= 0.3 is 0 Å². The quantitative estimate of drug-likeness (QED) is 0.837. The minimum atomic E-state index is 0.586. The lowest BCUT2D eigenvalue weighted by Crippen LogP contribution is -2.38. The molecule has 1 saturated heterocycles. The Morgan fingerprint density at radius 2 is 2.44 bits per heavy atom. The fraction of sp³-hybridized carbons (Fsp3) is 0.643. The summed E-state index contributed by atoms with van der Waals surface area (Å²) in [6, 6.07) is 4.48. The molecular formula is C14H23N3O. The first-order valence-corrected chi connectivity index (χ1v) is 6.82. The summed E-state index contributed by atoms with van der Waals surface area (Å²) in [6.45, 7) is 5.38. The SMILES string of the molecule is CCCN(CC1CCCN1)c1ncccc1OC. The third-order valence-electron chi connectivity index (χ3n) is 3.37. The first kappa shape index (κ1) is 13.1. The molecule has 0 radical (unpaired) electrons. The minimum absolute atomic E-state index is 0.586. The lowest BCUT2D eigenvalue weighted by atomic mass is 10.2. The maximum atomic E-state index is 5.41. The molecular weight excluding hydrogens is 226 g/mol. The molecule has 1 fully saturated rings. The van der Waals surface area contributed by atoms with Crippen molar-refractivity contribution in [3.63, 3.8) is 0 Å². The molecule has 0 aliphatic carbocycles. The molecule has 0 saturated carbocycles. The molecule has 1 aromatic rings. The topological polar surface area (TPSA) is 37.4 Å². The summed E-state index contributed by atoms with van der Waals surface area (Å²) in [6.07, 6.45) is 5.49. The van der Waals surface area contributed by atoms with Gasteiger partial charge in [-0.3, -0.25) is 0 Å². The van der Waals surface area contributed by atoms with Gasteiger partial charge in [0, 0.05) is 25.3 Å². The molecule has 0 spiro atoms. The van der Waals surface area contributed by atoms with Crippen LogP contribution in [0.3, 0.4) is 0 Å². The molecule has 2 rings (SSSR count). The van der Waals surface area contributed by atoms with Crippen LogP contribution in [0, 0.1) is 0 Å². The lowest BCUT2D eigenvalue weighted by Gasteiger charge is -2.27. The summed E-state index contributed by atoms with van der Waals surface area (Å²) in [5.74, 6) is 1.83. The number of hydrogen-bond acceptors (Lipinski definition) is 4. The second-order valence-corrected chi connectivity index (χ2v) is 4.77. The van der Waals surface area contributed by atoms with E-state index in [0.717, 1.165) is 37.6 Å². The van der Waals surface area contributed by atoms with E-state index < -0.39 is 0 Å². The van der Waals surface area contributed by atoms with Crippen LogP contribution in [0.5, 0.6) is 5.75 Å². The highest BCUT2D eigenvalue weighted by Crippen LogP contribution is 2.25. The number of ether oxygens (including phenoxy) is 1. The molecule has 0 aromatic carbocycles. The van der Waals surface area contributed by atoms with Gasteiger partial charge in [0.25, 0.3) is 0 Å². The largest absolute Gasteiger partial charge is 0.493 e. The van der Waals surface area contributed by atoms with Crippen molar-refractivity contribution in [3.8, 4) is 5.75 Å². The standard InChI is InChI=1S/C14H23N3O/c1-3-10-17(11-12-6-4-8-15-12)14-13(18-2)7-5-9-16-14/h5,7,9,12,15H,3-4,6,8,10-11H2,1-2H3.